The molecular weight excluding hydrogens is 219 g/mol. The molecule has 0 spiro atoms. The first-order chi connectivity index (χ1) is 8.11. The maximum atomic E-state index is 12.2. The first-order valence-corrected chi connectivity index (χ1v) is 6.04. The molecule has 0 aromatic heterocycles. The Hall–Kier alpha value is -1.04. The zero-order valence-corrected chi connectivity index (χ0v) is 10.6. The minimum atomic E-state index is -0.522. The molecule has 2 unspecified atom stereocenters. The third kappa shape index (κ3) is 3.46. The molecule has 1 saturated heterocycles. The van der Waals surface area contributed by atoms with Gasteiger partial charge in [0.15, 0.2) is 0 Å². The van der Waals surface area contributed by atoms with Crippen molar-refractivity contribution in [1.82, 2.24) is 5.06 Å². The van der Waals surface area contributed by atoms with Crippen molar-refractivity contribution in [1.29, 1.82) is 0 Å². The van der Waals surface area contributed by atoms with E-state index in [4.69, 9.17) is 4.84 Å². The van der Waals surface area contributed by atoms with Crippen LogP contribution in [-0.4, -0.2) is 42.9 Å². The Morgan fingerprint density at radius 2 is 2.41 bits per heavy atom. The van der Waals surface area contributed by atoms with Crippen molar-refractivity contribution in [3.8, 4) is 0 Å². The number of carbonyl (C=O) groups excluding carboxylic acids is 1. The third-order valence-corrected chi connectivity index (χ3v) is 3.13. The topological polar surface area (TPSA) is 59.0 Å². The molecule has 17 heavy (non-hydrogen) atoms. The normalized spacial score (nSPS) is 23.7. The van der Waals surface area contributed by atoms with Crippen molar-refractivity contribution >= 4 is 19.2 Å². The van der Waals surface area contributed by atoms with Crippen LogP contribution in [0.1, 0.15) is 33.6 Å². The van der Waals surface area contributed by atoms with Gasteiger partial charge in [-0.1, -0.05) is 0 Å². The second-order valence-corrected chi connectivity index (χ2v) is 4.40. The molecule has 0 aliphatic carbocycles. The SMILES string of the molecule is CCC(C)[C@H](N=CB=O)C(=O)N1OCCC1C. The maximum absolute atomic E-state index is 12.2. The third-order valence-electron chi connectivity index (χ3n) is 3.13. The van der Waals surface area contributed by atoms with Crippen LogP contribution in [-0.2, 0) is 14.3 Å². The van der Waals surface area contributed by atoms with Crippen molar-refractivity contribution in [3.63, 3.8) is 0 Å². The molecule has 94 valence electrons. The standard InChI is InChI=1S/C11H19BN2O3/c1-4-8(2)10(13-7-12-16)11(15)14-9(3)5-6-17-14/h7-10H,4-6H2,1-3H3/t8?,9?,10-/m0/s1. The van der Waals surface area contributed by atoms with Crippen LogP contribution < -0.4 is 0 Å². The van der Waals surface area contributed by atoms with Crippen LogP contribution in [0.15, 0.2) is 4.99 Å². The van der Waals surface area contributed by atoms with Gasteiger partial charge in [0, 0.05) is 0 Å². The van der Waals surface area contributed by atoms with Crippen molar-refractivity contribution in [2.45, 2.75) is 45.7 Å². The van der Waals surface area contributed by atoms with Gasteiger partial charge in [-0.15, -0.1) is 0 Å². The van der Waals surface area contributed by atoms with E-state index in [0.29, 0.717) is 13.8 Å². The Kier molecular flexibility index (Phi) is 5.48. The molecule has 1 heterocycles. The summed E-state index contributed by atoms with van der Waals surface area (Å²) < 4.78 is 10.3. The van der Waals surface area contributed by atoms with E-state index in [1.807, 2.05) is 20.8 Å². The predicted octanol–water partition coefficient (Wildman–Crippen LogP) is 1.03. The summed E-state index contributed by atoms with van der Waals surface area (Å²) in [6, 6.07) is -0.439. The molecule has 6 heteroatoms. The molecule has 0 saturated carbocycles. The molecule has 1 aliphatic heterocycles. The van der Waals surface area contributed by atoms with Gasteiger partial charge in [0.2, 0.25) is 0 Å². The first kappa shape index (κ1) is 14.0. The van der Waals surface area contributed by atoms with Crippen LogP contribution in [0.4, 0.5) is 0 Å². The fourth-order valence-electron chi connectivity index (χ4n) is 1.78. The van der Waals surface area contributed by atoms with Crippen molar-refractivity contribution in [2.75, 3.05) is 6.61 Å². The molecule has 1 fully saturated rings. The summed E-state index contributed by atoms with van der Waals surface area (Å²) in [6.45, 7) is 6.46. The quantitative estimate of drug-likeness (QED) is 0.531. The van der Waals surface area contributed by atoms with E-state index >= 15 is 0 Å². The fourth-order valence-corrected chi connectivity index (χ4v) is 1.78. The van der Waals surface area contributed by atoms with Gasteiger partial charge >= 0.3 is 102 Å². The number of hydrogen-bond donors (Lipinski definition) is 0. The molecule has 1 rings (SSSR count). The number of hydroxylamine groups is 2. The molecule has 5 nitrogen and oxygen atoms in total. The number of rotatable bonds is 5. The Bertz CT molecular complexity index is 309. The van der Waals surface area contributed by atoms with E-state index in [2.05, 4.69) is 4.99 Å². The zero-order chi connectivity index (χ0) is 12.8. The number of hydrogen-bond acceptors (Lipinski definition) is 4. The Morgan fingerprint density at radius 1 is 1.71 bits per heavy atom. The van der Waals surface area contributed by atoms with Gasteiger partial charge in [-0.05, 0) is 0 Å². The van der Waals surface area contributed by atoms with E-state index in [0.717, 1.165) is 19.0 Å². The van der Waals surface area contributed by atoms with Gasteiger partial charge in [0.1, 0.15) is 0 Å². The molecule has 1 aliphatic rings. The second-order valence-electron chi connectivity index (χ2n) is 4.40. The van der Waals surface area contributed by atoms with Crippen LogP contribution in [0.2, 0.25) is 0 Å². The van der Waals surface area contributed by atoms with E-state index in [1.54, 1.807) is 0 Å². The summed E-state index contributed by atoms with van der Waals surface area (Å²) in [6.07, 6.45) is 2.82. The molecule has 0 aromatic carbocycles. The Balaban J connectivity index is 2.78. The number of carbonyl (C=O) groups is 1. The van der Waals surface area contributed by atoms with Gasteiger partial charge in [-0.3, -0.25) is 0 Å². The van der Waals surface area contributed by atoms with Crippen molar-refractivity contribution in [2.24, 2.45) is 10.9 Å². The molecule has 0 radical (unpaired) electrons. The van der Waals surface area contributed by atoms with Crippen molar-refractivity contribution < 1.29 is 14.3 Å². The van der Waals surface area contributed by atoms with E-state index < -0.39 is 6.04 Å². The predicted molar refractivity (Wildman–Crippen MR) is 65.1 cm³/mol. The van der Waals surface area contributed by atoms with E-state index in [1.165, 1.54) is 5.06 Å². The van der Waals surface area contributed by atoms with Crippen molar-refractivity contribution in [3.05, 3.63) is 0 Å². The summed E-state index contributed by atoms with van der Waals surface area (Å²) in [5.74, 6) is -0.0578. The van der Waals surface area contributed by atoms with Crippen LogP contribution in [0.25, 0.3) is 0 Å². The second kappa shape index (κ2) is 6.64. The molecule has 1 amide bonds. The van der Waals surface area contributed by atoms with Crippen LogP contribution >= 0.6 is 0 Å². The average Bonchev–Trinajstić information content (AvgIpc) is 2.75. The van der Waals surface area contributed by atoms with Crippen LogP contribution in [0.3, 0.4) is 0 Å². The molecular formula is C11H19BN2O3. The summed E-state index contributed by atoms with van der Waals surface area (Å²) in [7, 11) is 0.594. The molecule has 0 aromatic rings. The average molecular weight is 238 g/mol. The van der Waals surface area contributed by atoms with Crippen LogP contribution in [0.5, 0.6) is 0 Å². The molecule has 0 N–H and O–H groups in total. The Labute approximate surface area is 102 Å². The zero-order valence-electron chi connectivity index (χ0n) is 10.6. The van der Waals surface area contributed by atoms with E-state index in [-0.39, 0.29) is 17.9 Å². The van der Waals surface area contributed by atoms with Gasteiger partial charge in [0.05, 0.1) is 0 Å². The van der Waals surface area contributed by atoms with Gasteiger partial charge in [0.25, 0.3) is 0 Å². The monoisotopic (exact) mass is 238 g/mol. The number of nitrogens with zero attached hydrogens (tertiary/aromatic N) is 2. The fraction of sp³-hybridized carbons (Fsp3) is 0.818. The van der Waals surface area contributed by atoms with Gasteiger partial charge < -0.3 is 0 Å². The first-order valence-electron chi connectivity index (χ1n) is 6.04. The summed E-state index contributed by atoms with van der Waals surface area (Å²) >= 11 is 0. The van der Waals surface area contributed by atoms with Crippen LogP contribution in [0, 0.1) is 5.92 Å². The van der Waals surface area contributed by atoms with Gasteiger partial charge in [-0.2, -0.15) is 0 Å². The summed E-state index contributed by atoms with van der Waals surface area (Å²) in [5, 5.41) is 1.40. The molecule has 0 bridgehead atoms. The molecule has 3 atom stereocenters. The summed E-state index contributed by atoms with van der Waals surface area (Å²) in [4.78, 5) is 21.6. The minimum absolute atomic E-state index is 0.0838. The van der Waals surface area contributed by atoms with E-state index in [9.17, 15) is 9.50 Å². The number of aliphatic imine (C=N–C) groups is 1. The Morgan fingerprint density at radius 3 is 2.88 bits per heavy atom. The van der Waals surface area contributed by atoms with Gasteiger partial charge in [-0.25, -0.2) is 0 Å². The summed E-state index contributed by atoms with van der Waals surface area (Å²) in [5.41, 5.74) is 0. The number of amides is 1.